The Labute approximate surface area is 127 Å². The first-order chi connectivity index (χ1) is 9.81. The fourth-order valence-electron chi connectivity index (χ4n) is 3.01. The van der Waals surface area contributed by atoms with Gasteiger partial charge in [-0.05, 0) is 22.1 Å². The minimum Gasteiger partial charge on any atom is -0.596 e. The van der Waals surface area contributed by atoms with Gasteiger partial charge in [-0.1, -0.05) is 15.9 Å². The van der Waals surface area contributed by atoms with Crippen LogP contribution in [0.5, 0.6) is 0 Å². The van der Waals surface area contributed by atoms with Crippen molar-refractivity contribution in [3.63, 3.8) is 0 Å². The predicted octanol–water partition coefficient (Wildman–Crippen LogP) is 0.107. The van der Waals surface area contributed by atoms with Crippen LogP contribution in [0.15, 0.2) is 16.6 Å². The summed E-state index contributed by atoms with van der Waals surface area (Å²) in [6, 6.07) is 2.35. The largest absolute Gasteiger partial charge is 0.615 e. The van der Waals surface area contributed by atoms with Gasteiger partial charge >= 0.3 is 18.6 Å². The van der Waals surface area contributed by atoms with Gasteiger partial charge in [-0.25, -0.2) is 4.39 Å². The topological polar surface area (TPSA) is 69.7 Å². The number of hydrogen-bond donors (Lipinski definition) is 0. The summed E-state index contributed by atoms with van der Waals surface area (Å²) in [5, 5.41) is 0. The van der Waals surface area contributed by atoms with E-state index in [1.54, 1.807) is 7.05 Å². The van der Waals surface area contributed by atoms with Gasteiger partial charge in [-0.2, -0.15) is 0 Å². The summed E-state index contributed by atoms with van der Waals surface area (Å²) in [6.07, 6.45) is 0.379. The molecule has 21 heavy (non-hydrogen) atoms. The van der Waals surface area contributed by atoms with E-state index in [0.29, 0.717) is 10.8 Å². The molecule has 0 radical (unpaired) electrons. The van der Waals surface area contributed by atoms with Crippen molar-refractivity contribution in [1.29, 1.82) is 0 Å². The number of likely N-dealkylation sites (N-methyl/N-ethyl adjacent to an activating group) is 1. The number of carbonyl (C=O) groups is 3. The van der Waals surface area contributed by atoms with Crippen LogP contribution in [0.4, 0.5) is 4.39 Å². The van der Waals surface area contributed by atoms with Crippen LogP contribution < -0.4 is 5.46 Å². The molecule has 110 valence electrons. The lowest BCUT2D eigenvalue weighted by Gasteiger charge is -2.40. The maximum absolute atomic E-state index is 13.9. The summed E-state index contributed by atoms with van der Waals surface area (Å²) in [7, 11) is 1.65. The summed E-state index contributed by atoms with van der Waals surface area (Å²) >= 11 is 3.22. The summed E-state index contributed by atoms with van der Waals surface area (Å²) < 4.78 is 24.8. The van der Waals surface area contributed by atoms with E-state index in [1.807, 2.05) is 0 Å². The van der Waals surface area contributed by atoms with Crippen molar-refractivity contribution in [3.05, 3.63) is 28.0 Å². The van der Waals surface area contributed by atoms with Crippen molar-refractivity contribution < 1.29 is 32.5 Å². The second-order valence-corrected chi connectivity index (χ2v) is 6.31. The Kier molecular flexibility index (Phi) is 2.96. The maximum Gasteiger partial charge on any atom is 0.615 e. The van der Waals surface area contributed by atoms with Gasteiger partial charge in [0.2, 0.25) is 0 Å². The second kappa shape index (κ2) is 4.38. The fourth-order valence-corrected chi connectivity index (χ4v) is 3.66. The molecule has 2 heterocycles. The molecule has 0 amide bonds. The lowest BCUT2D eigenvalue weighted by atomic mass is 9.61. The average molecular weight is 358 g/mol. The molecule has 0 atom stereocenters. The molecule has 0 bridgehead atoms. The fraction of sp³-hybridized carbons (Fsp3) is 0.250. The van der Waals surface area contributed by atoms with Gasteiger partial charge in [0, 0.05) is 7.05 Å². The minimum atomic E-state index is -2.52. The Balaban J connectivity index is 2.22. The zero-order valence-electron chi connectivity index (χ0n) is 11.0. The van der Waals surface area contributed by atoms with E-state index in [9.17, 15) is 18.8 Å². The smallest absolute Gasteiger partial charge is 0.596 e. The number of benzene rings is 1. The molecule has 2 aliphatic heterocycles. The molecule has 3 rings (SSSR count). The molecule has 2 aliphatic rings. The van der Waals surface area contributed by atoms with Gasteiger partial charge in [-0.15, -0.1) is 0 Å². The third-order valence-electron chi connectivity index (χ3n) is 4.02. The highest BCUT2D eigenvalue weighted by Crippen LogP contribution is 2.35. The number of rotatable bonds is 2. The average Bonchev–Trinajstić information content (AvgIpc) is 2.75. The lowest BCUT2D eigenvalue weighted by Crippen LogP contribution is -2.67. The van der Waals surface area contributed by atoms with Crippen molar-refractivity contribution in [2.24, 2.45) is 0 Å². The number of carbonyl (C=O) groups excluding carboxylic acids is 3. The van der Waals surface area contributed by atoms with E-state index in [-0.39, 0.29) is 28.5 Å². The first-order valence-electron chi connectivity index (χ1n) is 6.18. The molecule has 0 spiro atoms. The molecule has 9 heteroatoms. The van der Waals surface area contributed by atoms with Crippen LogP contribution in [-0.2, 0) is 18.9 Å². The van der Waals surface area contributed by atoms with Gasteiger partial charge < -0.3 is 13.7 Å². The van der Waals surface area contributed by atoms with Gasteiger partial charge in [0.1, 0.15) is 18.9 Å². The Morgan fingerprint density at radius 1 is 1.29 bits per heavy atom. The zero-order valence-corrected chi connectivity index (χ0v) is 12.6. The molecule has 1 aromatic carbocycles. The van der Waals surface area contributed by atoms with E-state index in [4.69, 9.17) is 9.31 Å². The lowest BCUT2D eigenvalue weighted by molar-refractivity contribution is -0.791. The van der Waals surface area contributed by atoms with Crippen LogP contribution in [0, 0.1) is 5.82 Å². The Morgan fingerprint density at radius 2 is 1.86 bits per heavy atom. The van der Waals surface area contributed by atoms with Crippen LogP contribution in [0.2, 0.25) is 0 Å². The molecule has 6 nitrogen and oxygen atoms in total. The molecule has 1 aromatic rings. The molecule has 2 fully saturated rings. The molecular weight excluding hydrogens is 348 g/mol. The Hall–Kier alpha value is -1.74. The molecule has 2 saturated heterocycles. The van der Waals surface area contributed by atoms with Gasteiger partial charge in [0.15, 0.2) is 6.29 Å². The highest BCUT2D eigenvalue weighted by molar-refractivity contribution is 9.10. The van der Waals surface area contributed by atoms with E-state index in [1.165, 1.54) is 6.07 Å². The maximum atomic E-state index is 13.9. The third-order valence-corrected chi connectivity index (χ3v) is 4.71. The van der Waals surface area contributed by atoms with E-state index in [2.05, 4.69) is 15.9 Å². The van der Waals surface area contributed by atoms with Crippen molar-refractivity contribution in [1.82, 2.24) is 0 Å². The Bertz CT molecular complexity index is 674. The number of halogens is 2. The van der Waals surface area contributed by atoms with E-state index >= 15 is 0 Å². The van der Waals surface area contributed by atoms with Gasteiger partial charge in [-0.3, -0.25) is 14.4 Å². The van der Waals surface area contributed by atoms with Gasteiger partial charge in [0.25, 0.3) is 0 Å². The van der Waals surface area contributed by atoms with Crippen molar-refractivity contribution >= 4 is 46.3 Å². The molecule has 0 unspecified atom stereocenters. The summed E-state index contributed by atoms with van der Waals surface area (Å²) in [5.74, 6) is -1.80. The van der Waals surface area contributed by atoms with Crippen LogP contribution >= 0.6 is 15.9 Å². The summed E-state index contributed by atoms with van der Waals surface area (Å²) in [4.78, 5) is 34.2. The highest BCUT2D eigenvalue weighted by Gasteiger charge is 2.66. The number of fused-ring (bicyclic) bond motifs is 1. The second-order valence-electron chi connectivity index (χ2n) is 5.46. The zero-order chi connectivity index (χ0) is 15.4. The van der Waals surface area contributed by atoms with Crippen molar-refractivity contribution in [2.45, 2.75) is 0 Å². The summed E-state index contributed by atoms with van der Waals surface area (Å²) in [5.41, 5.74) is 0.0815. The van der Waals surface area contributed by atoms with Crippen LogP contribution in [0.1, 0.15) is 10.4 Å². The summed E-state index contributed by atoms with van der Waals surface area (Å²) in [6.45, 7) is -2.58. The first-order valence-corrected chi connectivity index (χ1v) is 6.97. The molecule has 0 aliphatic carbocycles. The van der Waals surface area contributed by atoms with Crippen molar-refractivity contribution in [3.8, 4) is 0 Å². The third kappa shape index (κ3) is 1.84. The minimum absolute atomic E-state index is 0.0325. The SMILES string of the molecule is C[N+]12CC(=O)O[B-]1(c1cc(F)c(C=O)cc1Br)OC(=O)C2. The number of aldehydes is 1. The van der Waals surface area contributed by atoms with Crippen molar-refractivity contribution in [2.75, 3.05) is 20.1 Å². The molecular formula is C12H10BBrFNO5. The molecule has 0 N–H and O–H groups in total. The molecule has 0 aromatic heterocycles. The van der Waals surface area contributed by atoms with E-state index < -0.39 is 24.4 Å². The highest BCUT2D eigenvalue weighted by atomic mass is 79.9. The van der Waals surface area contributed by atoms with Crippen LogP contribution in [0.3, 0.4) is 0 Å². The number of nitrogens with zero attached hydrogens (tertiary/aromatic N) is 1. The number of quaternary nitrogens is 1. The monoisotopic (exact) mass is 357 g/mol. The normalized spacial score (nSPS) is 30.8. The first kappa shape index (κ1) is 14.2. The predicted molar refractivity (Wildman–Crippen MR) is 73.0 cm³/mol. The van der Waals surface area contributed by atoms with E-state index in [0.717, 1.165) is 6.07 Å². The molecule has 0 saturated carbocycles. The quantitative estimate of drug-likeness (QED) is 0.555. The van der Waals surface area contributed by atoms with Gasteiger partial charge in [0.05, 0.1) is 5.56 Å². The van der Waals surface area contributed by atoms with Crippen LogP contribution in [0.25, 0.3) is 0 Å². The van der Waals surface area contributed by atoms with Crippen LogP contribution in [-0.4, -0.2) is 49.4 Å². The standard InChI is InChI=1S/C12H10BBrFNO5/c1-16-4-11(18)20-13(16,21-12(19)5-16)8-3-10(15)7(6-17)2-9(8)14/h2-3,6H,4-5H2,1H3. The number of hydrogen-bond acceptors (Lipinski definition) is 5. The Morgan fingerprint density at radius 3 is 2.38 bits per heavy atom.